The molecule has 4 rings (SSSR count). The summed E-state index contributed by atoms with van der Waals surface area (Å²) in [5, 5.41) is 18.3. The Labute approximate surface area is 393 Å². The quantitative estimate of drug-likeness (QED) is 0.214. The number of hydrogen-bond acceptors (Lipinski definition) is 16. The van der Waals surface area contributed by atoms with Gasteiger partial charge in [0.2, 0.25) is 0 Å². The summed E-state index contributed by atoms with van der Waals surface area (Å²) in [5.41, 5.74) is -0.433. The molecule has 22 heteroatoms. The van der Waals surface area contributed by atoms with E-state index in [0.717, 1.165) is 41.6 Å². The summed E-state index contributed by atoms with van der Waals surface area (Å²) in [6.45, 7) is 29.3. The van der Waals surface area contributed by atoms with Gasteiger partial charge in [0.05, 0.1) is 37.8 Å². The molecule has 0 saturated carbocycles. The summed E-state index contributed by atoms with van der Waals surface area (Å²) in [6, 6.07) is 3.98. The van der Waals surface area contributed by atoms with Crippen LogP contribution >= 0.6 is 0 Å². The van der Waals surface area contributed by atoms with Crippen LogP contribution in [0.5, 0.6) is 0 Å². The minimum absolute atomic E-state index is 0.0876. The van der Waals surface area contributed by atoms with Crippen LogP contribution in [0.25, 0.3) is 0 Å². The first kappa shape index (κ1) is 60.3. The first-order chi connectivity index (χ1) is 29.7. The molecule has 0 spiro atoms. The molecular formula is C44H80N4O16S2. The summed E-state index contributed by atoms with van der Waals surface area (Å²) in [4.78, 5) is 51.7. The van der Waals surface area contributed by atoms with E-state index in [2.05, 4.69) is 13.8 Å². The molecule has 3 aliphatic rings. The molecule has 1 aromatic heterocycles. The lowest BCUT2D eigenvalue weighted by molar-refractivity contribution is -0.0452. The van der Waals surface area contributed by atoms with Gasteiger partial charge in [0.1, 0.15) is 22.4 Å². The summed E-state index contributed by atoms with van der Waals surface area (Å²) in [5.74, 6) is 0. The van der Waals surface area contributed by atoms with Gasteiger partial charge in [0.15, 0.2) is 12.5 Å². The molecular weight excluding hydrogens is 905 g/mol. The number of aliphatic hydroxyl groups excluding tert-OH is 2. The normalized spacial score (nSPS) is 22.5. The monoisotopic (exact) mass is 985 g/mol. The predicted molar refractivity (Wildman–Crippen MR) is 248 cm³/mol. The van der Waals surface area contributed by atoms with Gasteiger partial charge >= 0.3 is 24.4 Å². The molecule has 3 saturated heterocycles. The van der Waals surface area contributed by atoms with Crippen molar-refractivity contribution in [2.24, 2.45) is 0 Å². The van der Waals surface area contributed by atoms with Crippen molar-refractivity contribution in [2.45, 2.75) is 208 Å². The third-order valence-corrected chi connectivity index (χ3v) is 10.6. The molecule has 3 amide bonds. The van der Waals surface area contributed by atoms with E-state index in [0.29, 0.717) is 24.9 Å². The Morgan fingerprint density at radius 2 is 0.803 bits per heavy atom. The Bertz CT molecular complexity index is 1890. The maximum Gasteiger partial charge on any atom is 0.418 e. The highest BCUT2D eigenvalue weighted by Gasteiger charge is 2.44. The Kier molecular flexibility index (Phi) is 22.0. The van der Waals surface area contributed by atoms with Gasteiger partial charge in [-0.15, -0.1) is 0 Å². The molecule has 0 radical (unpaired) electrons. The third kappa shape index (κ3) is 21.9. The molecule has 6 atom stereocenters. The molecule has 1 aromatic rings. The number of ether oxygens (including phenoxy) is 4. The van der Waals surface area contributed by atoms with Crippen LogP contribution in [0.1, 0.15) is 147 Å². The third-order valence-electron chi connectivity index (χ3n) is 9.51. The lowest BCUT2D eigenvalue weighted by Gasteiger charge is -2.31. The molecule has 20 nitrogen and oxygen atoms in total. The molecule has 0 unspecified atom stereocenters. The fourth-order valence-corrected chi connectivity index (χ4v) is 8.14. The second kappa shape index (κ2) is 24.0. The van der Waals surface area contributed by atoms with Crippen molar-refractivity contribution in [1.29, 1.82) is 0 Å². The van der Waals surface area contributed by atoms with Gasteiger partial charge in [-0.1, -0.05) is 0 Å². The first-order valence-corrected chi connectivity index (χ1v) is 25.7. The molecule has 2 N–H and O–H groups in total. The molecule has 3 fully saturated rings. The van der Waals surface area contributed by atoms with E-state index in [1.54, 1.807) is 46.1 Å². The largest absolute Gasteiger partial charge is 0.444 e. The lowest BCUT2D eigenvalue weighted by atomic mass is 10.2. The lowest BCUT2D eigenvalue weighted by Crippen LogP contribution is -2.47. The summed E-state index contributed by atoms with van der Waals surface area (Å²) in [6.07, 6.45) is 1.29. The zero-order valence-corrected chi connectivity index (χ0v) is 44.1. The molecule has 384 valence electrons. The average Bonchev–Trinajstić information content (AvgIpc) is 3.86. The highest BCUT2D eigenvalue weighted by atomic mass is 32.2. The fraction of sp³-hybridized carbons (Fsp3) is 0.818. The van der Waals surface area contributed by atoms with Crippen LogP contribution in [-0.4, -0.2) is 155 Å². The van der Waals surface area contributed by atoms with Crippen LogP contribution in [-0.2, 0) is 47.5 Å². The maximum atomic E-state index is 12.2. The number of carbonyl (C=O) groups excluding carboxylic acids is 4. The van der Waals surface area contributed by atoms with E-state index >= 15 is 0 Å². The topological polar surface area (TPSA) is 247 Å². The van der Waals surface area contributed by atoms with Gasteiger partial charge in [-0.2, -0.15) is 16.8 Å². The van der Waals surface area contributed by atoms with Crippen molar-refractivity contribution in [3.8, 4) is 0 Å². The number of hydrogen-bond donors (Lipinski definition) is 2. The van der Waals surface area contributed by atoms with Crippen LogP contribution in [0.2, 0.25) is 0 Å². The van der Waals surface area contributed by atoms with Gasteiger partial charge in [0, 0.05) is 23.5 Å². The molecule has 0 aromatic carbocycles. The van der Waals surface area contributed by atoms with Crippen molar-refractivity contribution < 1.29 is 73.5 Å². The minimum Gasteiger partial charge on any atom is -0.444 e. The van der Waals surface area contributed by atoms with Crippen molar-refractivity contribution in [1.82, 2.24) is 19.3 Å². The number of aromatic nitrogens is 1. The zero-order chi connectivity index (χ0) is 51.6. The van der Waals surface area contributed by atoms with Crippen molar-refractivity contribution in [3.63, 3.8) is 0 Å². The van der Waals surface area contributed by atoms with Crippen LogP contribution in [0.4, 0.5) is 19.2 Å². The van der Waals surface area contributed by atoms with Crippen molar-refractivity contribution in [3.05, 3.63) is 23.5 Å². The summed E-state index contributed by atoms with van der Waals surface area (Å²) in [7, 11) is -7.68. The van der Waals surface area contributed by atoms with Crippen LogP contribution in [0.3, 0.4) is 0 Å². The standard InChI is InChI=1S/C11H21NO8S2.C11H21NO4.C11H21NO2.C11H17NO2/c1-11(2,3)18-10(13)12-8(19-21(4,14)15)6-7-9(12)20-22(5,16)17;1-11(2,3)16-10(15)12-8(6-13)4-5-9(12)7-14;2*1-8-6-7-9(2)12(8)10(13)14-11(3,4)5/h8-9H,6-7H2,1-5H3;8-9,13-14H,4-7H2,1-3H3;8-9H,6-7H2,1-5H3;6-7H,1-5H3/t3*8-,9+;. The molecule has 3 aliphatic heterocycles. The van der Waals surface area contributed by atoms with E-state index in [4.69, 9.17) is 37.5 Å². The Morgan fingerprint density at radius 1 is 0.515 bits per heavy atom. The first-order valence-electron chi connectivity index (χ1n) is 22.1. The molecule has 0 bridgehead atoms. The second-order valence-electron chi connectivity index (χ2n) is 20.7. The molecule has 4 heterocycles. The van der Waals surface area contributed by atoms with Gasteiger partial charge in [-0.25, -0.2) is 27.5 Å². The predicted octanol–water partition coefficient (Wildman–Crippen LogP) is 7.04. The number of aliphatic hydroxyl groups is 2. The summed E-state index contributed by atoms with van der Waals surface area (Å²) >= 11 is 0. The van der Waals surface area contributed by atoms with Crippen LogP contribution in [0, 0.1) is 13.8 Å². The van der Waals surface area contributed by atoms with Crippen molar-refractivity contribution in [2.75, 3.05) is 25.7 Å². The number of amides is 3. The van der Waals surface area contributed by atoms with Crippen LogP contribution in [0.15, 0.2) is 12.1 Å². The van der Waals surface area contributed by atoms with Crippen molar-refractivity contribution >= 4 is 44.6 Å². The summed E-state index contributed by atoms with van der Waals surface area (Å²) < 4.78 is 77.3. The minimum atomic E-state index is -3.84. The number of carbonyl (C=O) groups is 4. The number of nitrogens with zero attached hydrogens (tertiary/aromatic N) is 4. The van der Waals surface area contributed by atoms with Gasteiger partial charge < -0.3 is 34.1 Å². The maximum absolute atomic E-state index is 12.2. The van der Waals surface area contributed by atoms with E-state index in [-0.39, 0.29) is 55.9 Å². The molecule has 0 aliphatic carbocycles. The van der Waals surface area contributed by atoms with E-state index in [1.165, 1.54) is 4.90 Å². The van der Waals surface area contributed by atoms with Crippen LogP contribution < -0.4 is 0 Å². The Balaban J connectivity index is 0.000000448. The second-order valence-corrected chi connectivity index (χ2v) is 23.9. The smallest absolute Gasteiger partial charge is 0.418 e. The number of aryl methyl sites for hydroxylation is 2. The van der Waals surface area contributed by atoms with Gasteiger partial charge in [0.25, 0.3) is 20.2 Å². The highest BCUT2D eigenvalue weighted by Crippen LogP contribution is 2.31. The fourth-order valence-electron chi connectivity index (χ4n) is 6.96. The highest BCUT2D eigenvalue weighted by molar-refractivity contribution is 7.86. The number of rotatable bonds is 6. The average molecular weight is 985 g/mol. The van der Waals surface area contributed by atoms with Gasteiger partial charge in [-0.05, 0) is 161 Å². The van der Waals surface area contributed by atoms with E-state index in [9.17, 15) is 36.0 Å². The van der Waals surface area contributed by atoms with E-state index in [1.807, 2.05) is 72.4 Å². The zero-order valence-electron chi connectivity index (χ0n) is 42.5. The van der Waals surface area contributed by atoms with Gasteiger partial charge in [-0.3, -0.25) is 14.4 Å². The Morgan fingerprint density at radius 3 is 1.09 bits per heavy atom. The van der Waals surface area contributed by atoms with E-state index < -0.39 is 61.7 Å². The Hall–Kier alpha value is -3.70. The molecule has 66 heavy (non-hydrogen) atoms. The SMILES string of the molecule is CC(C)(C)OC(=O)N1[C@@H](OS(C)(=O)=O)CC[C@H]1OS(C)(=O)=O.CC(C)(C)OC(=O)N1[C@H](CO)CC[C@@H]1CO.C[C@@H]1CC[C@H](C)N1C(=O)OC(C)(C)C.Cc1ccc(C)n1C(=O)OC(C)(C)C. The number of likely N-dealkylation sites (tertiary alicyclic amines) is 3.